The highest BCUT2D eigenvalue weighted by Gasteiger charge is 2.24. The van der Waals surface area contributed by atoms with Gasteiger partial charge in [0.25, 0.3) is 0 Å². The minimum Gasteiger partial charge on any atom is -0.356 e. The molecule has 24 heavy (non-hydrogen) atoms. The Bertz CT molecular complexity index is 860. The standard InChI is InChI=1S/C20H22N4/c1-14-7-8-17-18(11-14)22-19(16-5-3-2-4-6-16)23-20(17)24-10-9-15(12-21)13-24/h2-8,11,15H,9-10,12-13,21H2,1H3/t15-/m0/s1. The first-order valence-corrected chi connectivity index (χ1v) is 8.53. The van der Waals surface area contributed by atoms with E-state index in [0.717, 1.165) is 54.2 Å². The zero-order valence-electron chi connectivity index (χ0n) is 13.9. The molecule has 1 aliphatic heterocycles. The third-order valence-electron chi connectivity index (χ3n) is 4.78. The van der Waals surface area contributed by atoms with Crippen LogP contribution < -0.4 is 10.6 Å². The highest BCUT2D eigenvalue weighted by molar-refractivity contribution is 5.91. The Morgan fingerprint density at radius 2 is 1.96 bits per heavy atom. The van der Waals surface area contributed by atoms with Crippen LogP contribution in [0.3, 0.4) is 0 Å². The van der Waals surface area contributed by atoms with Crippen molar-refractivity contribution in [1.29, 1.82) is 0 Å². The van der Waals surface area contributed by atoms with Gasteiger partial charge < -0.3 is 10.6 Å². The quantitative estimate of drug-likeness (QED) is 0.804. The van der Waals surface area contributed by atoms with E-state index in [1.165, 1.54) is 5.56 Å². The first-order valence-electron chi connectivity index (χ1n) is 8.53. The summed E-state index contributed by atoms with van der Waals surface area (Å²) in [4.78, 5) is 12.1. The van der Waals surface area contributed by atoms with Crippen LogP contribution in [0.5, 0.6) is 0 Å². The van der Waals surface area contributed by atoms with Crippen LogP contribution in [0.2, 0.25) is 0 Å². The van der Waals surface area contributed by atoms with E-state index in [4.69, 9.17) is 15.7 Å². The lowest BCUT2D eigenvalue weighted by atomic mass is 10.1. The first-order chi connectivity index (χ1) is 11.7. The molecule has 2 aromatic carbocycles. The molecular weight excluding hydrogens is 296 g/mol. The molecule has 0 unspecified atom stereocenters. The third kappa shape index (κ3) is 2.74. The lowest BCUT2D eigenvalue weighted by molar-refractivity contribution is 0.602. The molecule has 0 bridgehead atoms. The Balaban J connectivity index is 1.87. The van der Waals surface area contributed by atoms with E-state index in [1.54, 1.807) is 0 Å². The van der Waals surface area contributed by atoms with Gasteiger partial charge in [0.1, 0.15) is 5.82 Å². The molecule has 3 aromatic rings. The molecule has 0 aliphatic carbocycles. The van der Waals surface area contributed by atoms with Gasteiger partial charge in [0.2, 0.25) is 0 Å². The molecule has 1 saturated heterocycles. The van der Waals surface area contributed by atoms with Gasteiger partial charge in [0.05, 0.1) is 5.52 Å². The Kier molecular flexibility index (Phi) is 3.90. The highest BCUT2D eigenvalue weighted by Crippen LogP contribution is 2.31. The molecule has 1 aliphatic rings. The summed E-state index contributed by atoms with van der Waals surface area (Å²) in [6.45, 7) is 4.83. The van der Waals surface area contributed by atoms with Gasteiger partial charge in [-0.1, -0.05) is 36.4 Å². The number of fused-ring (bicyclic) bond motifs is 1. The van der Waals surface area contributed by atoms with Crippen molar-refractivity contribution in [3.8, 4) is 11.4 Å². The van der Waals surface area contributed by atoms with Crippen LogP contribution in [-0.4, -0.2) is 29.6 Å². The summed E-state index contributed by atoms with van der Waals surface area (Å²) in [7, 11) is 0. The summed E-state index contributed by atoms with van der Waals surface area (Å²) in [6, 6.07) is 16.6. The van der Waals surface area contributed by atoms with Crippen molar-refractivity contribution < 1.29 is 0 Å². The van der Waals surface area contributed by atoms with Crippen LogP contribution in [0.15, 0.2) is 48.5 Å². The second kappa shape index (κ2) is 6.21. The molecule has 0 saturated carbocycles. The van der Waals surface area contributed by atoms with Crippen LogP contribution in [0.4, 0.5) is 5.82 Å². The van der Waals surface area contributed by atoms with Crippen LogP contribution in [0.1, 0.15) is 12.0 Å². The Labute approximate surface area is 142 Å². The van der Waals surface area contributed by atoms with Crippen LogP contribution >= 0.6 is 0 Å². The summed E-state index contributed by atoms with van der Waals surface area (Å²) in [5, 5.41) is 1.12. The molecule has 0 amide bonds. The van der Waals surface area contributed by atoms with Gasteiger partial charge in [-0.3, -0.25) is 0 Å². The summed E-state index contributed by atoms with van der Waals surface area (Å²) in [5.41, 5.74) is 9.15. The molecule has 2 N–H and O–H groups in total. The molecule has 0 radical (unpaired) electrons. The monoisotopic (exact) mass is 318 g/mol. The molecular formula is C20H22N4. The number of hydrogen-bond acceptors (Lipinski definition) is 4. The number of benzene rings is 2. The number of nitrogens with two attached hydrogens (primary N) is 1. The smallest absolute Gasteiger partial charge is 0.162 e. The van der Waals surface area contributed by atoms with Crippen molar-refractivity contribution >= 4 is 16.7 Å². The molecule has 1 aromatic heterocycles. The van der Waals surface area contributed by atoms with Crippen molar-refractivity contribution in [1.82, 2.24) is 9.97 Å². The molecule has 4 rings (SSSR count). The molecule has 122 valence electrons. The maximum atomic E-state index is 5.87. The number of aromatic nitrogens is 2. The van der Waals surface area contributed by atoms with Gasteiger partial charge in [0.15, 0.2) is 5.82 Å². The zero-order chi connectivity index (χ0) is 16.5. The molecule has 1 fully saturated rings. The molecule has 1 atom stereocenters. The molecule has 2 heterocycles. The predicted molar refractivity (Wildman–Crippen MR) is 99.1 cm³/mol. The van der Waals surface area contributed by atoms with Crippen LogP contribution in [0.25, 0.3) is 22.3 Å². The second-order valence-electron chi connectivity index (χ2n) is 6.59. The van der Waals surface area contributed by atoms with Gasteiger partial charge in [-0.25, -0.2) is 9.97 Å². The van der Waals surface area contributed by atoms with Gasteiger partial charge in [0, 0.05) is 24.0 Å². The van der Waals surface area contributed by atoms with Crippen LogP contribution in [0, 0.1) is 12.8 Å². The second-order valence-corrected chi connectivity index (χ2v) is 6.59. The number of aryl methyl sites for hydroxylation is 1. The van der Waals surface area contributed by atoms with E-state index in [2.05, 4.69) is 42.2 Å². The number of anilines is 1. The predicted octanol–water partition coefficient (Wildman–Crippen LogP) is 3.39. The largest absolute Gasteiger partial charge is 0.356 e. The van der Waals surface area contributed by atoms with E-state index < -0.39 is 0 Å². The SMILES string of the molecule is Cc1ccc2c(N3CC[C@@H](CN)C3)nc(-c3ccccc3)nc2c1. The van der Waals surface area contributed by atoms with Crippen LogP contribution in [-0.2, 0) is 0 Å². The van der Waals surface area contributed by atoms with Crippen molar-refractivity contribution in [2.75, 3.05) is 24.5 Å². The topological polar surface area (TPSA) is 55.0 Å². The molecule has 0 spiro atoms. The van der Waals surface area contributed by atoms with E-state index in [-0.39, 0.29) is 0 Å². The lowest BCUT2D eigenvalue weighted by Gasteiger charge is -2.20. The van der Waals surface area contributed by atoms with Gasteiger partial charge >= 0.3 is 0 Å². The maximum absolute atomic E-state index is 5.87. The Morgan fingerprint density at radius 3 is 2.71 bits per heavy atom. The first kappa shape index (κ1) is 15.1. The minimum atomic E-state index is 0.556. The average Bonchev–Trinajstić information content (AvgIpc) is 3.10. The Hall–Kier alpha value is -2.46. The van der Waals surface area contributed by atoms with E-state index in [0.29, 0.717) is 5.92 Å². The van der Waals surface area contributed by atoms with E-state index in [9.17, 15) is 0 Å². The summed E-state index contributed by atoms with van der Waals surface area (Å²) in [5.74, 6) is 2.38. The van der Waals surface area contributed by atoms with Gasteiger partial charge in [-0.05, 0) is 43.5 Å². The van der Waals surface area contributed by atoms with Gasteiger partial charge in [-0.2, -0.15) is 0 Å². The highest BCUT2D eigenvalue weighted by atomic mass is 15.2. The van der Waals surface area contributed by atoms with Gasteiger partial charge in [-0.15, -0.1) is 0 Å². The fraction of sp³-hybridized carbons (Fsp3) is 0.300. The average molecular weight is 318 g/mol. The molecule has 4 nitrogen and oxygen atoms in total. The Morgan fingerprint density at radius 1 is 1.12 bits per heavy atom. The normalized spacial score (nSPS) is 17.6. The lowest BCUT2D eigenvalue weighted by Crippen LogP contribution is -2.24. The van der Waals surface area contributed by atoms with Crippen molar-refractivity contribution in [3.05, 3.63) is 54.1 Å². The number of nitrogens with zero attached hydrogens (tertiary/aromatic N) is 3. The van der Waals surface area contributed by atoms with E-state index >= 15 is 0 Å². The fourth-order valence-corrected chi connectivity index (χ4v) is 3.40. The van der Waals surface area contributed by atoms with Crippen molar-refractivity contribution in [2.24, 2.45) is 11.7 Å². The zero-order valence-corrected chi connectivity index (χ0v) is 13.9. The van der Waals surface area contributed by atoms with Crippen molar-refractivity contribution in [3.63, 3.8) is 0 Å². The fourth-order valence-electron chi connectivity index (χ4n) is 3.40. The summed E-state index contributed by atoms with van der Waals surface area (Å²) < 4.78 is 0. The number of hydrogen-bond donors (Lipinski definition) is 1. The van der Waals surface area contributed by atoms with Crippen molar-refractivity contribution in [2.45, 2.75) is 13.3 Å². The summed E-state index contributed by atoms with van der Waals surface area (Å²) in [6.07, 6.45) is 1.13. The summed E-state index contributed by atoms with van der Waals surface area (Å²) >= 11 is 0. The maximum Gasteiger partial charge on any atom is 0.162 e. The number of rotatable bonds is 3. The third-order valence-corrected chi connectivity index (χ3v) is 4.78. The minimum absolute atomic E-state index is 0.556. The molecule has 4 heteroatoms. The van der Waals surface area contributed by atoms with E-state index in [1.807, 2.05) is 18.2 Å².